The Bertz CT molecular complexity index is 394. The molecule has 1 saturated heterocycles. The molecule has 100 valence electrons. The molecule has 1 aliphatic rings. The predicted octanol–water partition coefficient (Wildman–Crippen LogP) is 2.82. The van der Waals surface area contributed by atoms with Gasteiger partial charge in [-0.2, -0.15) is 0 Å². The second kappa shape index (κ2) is 5.81. The maximum Gasteiger partial charge on any atom is 0.127 e. The predicted molar refractivity (Wildman–Crippen MR) is 73.0 cm³/mol. The van der Waals surface area contributed by atoms with Crippen LogP contribution in [0.3, 0.4) is 0 Å². The molecule has 1 aromatic rings. The Morgan fingerprint density at radius 2 is 2.17 bits per heavy atom. The zero-order chi connectivity index (χ0) is 13.1. The van der Waals surface area contributed by atoms with E-state index in [-0.39, 0.29) is 11.9 Å². The third-order valence-corrected chi connectivity index (χ3v) is 4.23. The first-order chi connectivity index (χ1) is 8.59. The van der Waals surface area contributed by atoms with E-state index in [4.69, 9.17) is 0 Å². The highest BCUT2D eigenvalue weighted by Gasteiger charge is 2.26. The number of benzene rings is 1. The summed E-state index contributed by atoms with van der Waals surface area (Å²) >= 11 is 0. The number of nitrogens with zero attached hydrogens (tertiary/aromatic N) is 1. The summed E-state index contributed by atoms with van der Waals surface area (Å²) in [6.07, 6.45) is 1.22. The largest absolute Gasteiger partial charge is 0.314 e. The van der Waals surface area contributed by atoms with Crippen molar-refractivity contribution < 1.29 is 4.39 Å². The van der Waals surface area contributed by atoms with E-state index in [1.54, 1.807) is 12.1 Å². The van der Waals surface area contributed by atoms with Crippen LogP contribution in [0.5, 0.6) is 0 Å². The highest BCUT2D eigenvalue weighted by Crippen LogP contribution is 2.24. The first kappa shape index (κ1) is 13.5. The molecule has 3 atom stereocenters. The first-order valence-electron chi connectivity index (χ1n) is 6.77. The van der Waals surface area contributed by atoms with Crippen LogP contribution in [-0.4, -0.2) is 31.1 Å². The second-order valence-electron chi connectivity index (χ2n) is 5.43. The summed E-state index contributed by atoms with van der Waals surface area (Å²) in [5, 5.41) is 3.46. The minimum absolute atomic E-state index is 0.102. The normalized spacial score (nSPS) is 25.6. The van der Waals surface area contributed by atoms with Crippen LogP contribution in [0.2, 0.25) is 0 Å². The van der Waals surface area contributed by atoms with Crippen molar-refractivity contribution in [3.05, 3.63) is 35.6 Å². The molecule has 1 aliphatic heterocycles. The molecule has 3 heteroatoms. The van der Waals surface area contributed by atoms with E-state index in [0.717, 1.165) is 18.7 Å². The molecule has 0 saturated carbocycles. The maximum atomic E-state index is 13.8. The van der Waals surface area contributed by atoms with E-state index in [1.807, 2.05) is 12.1 Å². The van der Waals surface area contributed by atoms with Crippen molar-refractivity contribution in [2.75, 3.05) is 20.1 Å². The van der Waals surface area contributed by atoms with E-state index >= 15 is 0 Å². The van der Waals surface area contributed by atoms with Gasteiger partial charge in [0.25, 0.3) is 0 Å². The summed E-state index contributed by atoms with van der Waals surface area (Å²) in [5.74, 6) is 0.568. The van der Waals surface area contributed by atoms with E-state index in [0.29, 0.717) is 12.0 Å². The fraction of sp³-hybridized carbons (Fsp3) is 0.600. The van der Waals surface area contributed by atoms with Crippen molar-refractivity contribution >= 4 is 0 Å². The van der Waals surface area contributed by atoms with Gasteiger partial charge >= 0.3 is 0 Å². The minimum Gasteiger partial charge on any atom is -0.314 e. The number of hydrogen-bond acceptors (Lipinski definition) is 2. The van der Waals surface area contributed by atoms with Crippen molar-refractivity contribution in [2.45, 2.75) is 32.4 Å². The van der Waals surface area contributed by atoms with Crippen LogP contribution in [0.4, 0.5) is 4.39 Å². The summed E-state index contributed by atoms with van der Waals surface area (Å²) in [4.78, 5) is 2.26. The van der Waals surface area contributed by atoms with Crippen LogP contribution in [0.15, 0.2) is 24.3 Å². The van der Waals surface area contributed by atoms with Gasteiger partial charge in [-0.25, -0.2) is 4.39 Å². The molecule has 1 aromatic carbocycles. The Hall–Kier alpha value is -0.930. The van der Waals surface area contributed by atoms with Gasteiger partial charge in [-0.15, -0.1) is 0 Å². The van der Waals surface area contributed by atoms with Crippen LogP contribution in [0.25, 0.3) is 0 Å². The summed E-state index contributed by atoms with van der Waals surface area (Å²) in [5.41, 5.74) is 0.790. The SMILES string of the molecule is CC1NCCC1CN(C)C(C)c1ccccc1F. The van der Waals surface area contributed by atoms with Crippen molar-refractivity contribution in [1.82, 2.24) is 10.2 Å². The lowest BCUT2D eigenvalue weighted by atomic mass is 9.99. The number of nitrogens with one attached hydrogen (secondary N) is 1. The summed E-state index contributed by atoms with van der Waals surface area (Å²) in [7, 11) is 2.09. The molecule has 1 heterocycles. The highest BCUT2D eigenvalue weighted by molar-refractivity contribution is 5.20. The van der Waals surface area contributed by atoms with Crippen LogP contribution >= 0.6 is 0 Å². The molecule has 0 amide bonds. The zero-order valence-electron chi connectivity index (χ0n) is 11.5. The Morgan fingerprint density at radius 1 is 1.44 bits per heavy atom. The lowest BCUT2D eigenvalue weighted by molar-refractivity contribution is 0.210. The van der Waals surface area contributed by atoms with Gasteiger partial charge in [-0.1, -0.05) is 18.2 Å². The number of rotatable bonds is 4. The standard InChI is InChI=1S/C15H23FN2/c1-11-13(8-9-17-11)10-18(3)12(2)14-6-4-5-7-15(14)16/h4-7,11-13,17H,8-10H2,1-3H3. The summed E-state index contributed by atoms with van der Waals surface area (Å²) in [6, 6.07) is 7.77. The molecule has 2 nitrogen and oxygen atoms in total. The molecular formula is C15H23FN2. The third-order valence-electron chi connectivity index (χ3n) is 4.23. The van der Waals surface area contributed by atoms with Gasteiger partial charge in [0.15, 0.2) is 0 Å². The molecular weight excluding hydrogens is 227 g/mol. The van der Waals surface area contributed by atoms with Gasteiger partial charge in [0.1, 0.15) is 5.82 Å². The molecule has 0 spiro atoms. The van der Waals surface area contributed by atoms with E-state index in [1.165, 1.54) is 6.42 Å². The lowest BCUT2D eigenvalue weighted by Gasteiger charge is -2.29. The van der Waals surface area contributed by atoms with Gasteiger partial charge < -0.3 is 5.32 Å². The highest BCUT2D eigenvalue weighted by atomic mass is 19.1. The van der Waals surface area contributed by atoms with E-state index in [2.05, 4.69) is 31.1 Å². The molecule has 2 rings (SSSR count). The van der Waals surface area contributed by atoms with Crippen LogP contribution in [0, 0.1) is 11.7 Å². The Labute approximate surface area is 109 Å². The van der Waals surface area contributed by atoms with Gasteiger partial charge in [-0.3, -0.25) is 4.90 Å². The third kappa shape index (κ3) is 2.90. The molecule has 1 fully saturated rings. The smallest absolute Gasteiger partial charge is 0.127 e. The van der Waals surface area contributed by atoms with Crippen molar-refractivity contribution in [2.24, 2.45) is 5.92 Å². The maximum absolute atomic E-state index is 13.8. The zero-order valence-corrected chi connectivity index (χ0v) is 11.5. The topological polar surface area (TPSA) is 15.3 Å². The molecule has 0 radical (unpaired) electrons. The average Bonchev–Trinajstić information content (AvgIpc) is 2.75. The van der Waals surface area contributed by atoms with Crippen LogP contribution in [-0.2, 0) is 0 Å². The van der Waals surface area contributed by atoms with Crippen molar-refractivity contribution in [1.29, 1.82) is 0 Å². The average molecular weight is 250 g/mol. The van der Waals surface area contributed by atoms with Crippen molar-refractivity contribution in [3.8, 4) is 0 Å². The molecule has 18 heavy (non-hydrogen) atoms. The molecule has 0 aromatic heterocycles. The van der Waals surface area contributed by atoms with Gasteiger partial charge in [0.05, 0.1) is 0 Å². The first-order valence-corrected chi connectivity index (χ1v) is 6.77. The lowest BCUT2D eigenvalue weighted by Crippen LogP contribution is -2.34. The van der Waals surface area contributed by atoms with Crippen molar-refractivity contribution in [3.63, 3.8) is 0 Å². The van der Waals surface area contributed by atoms with Gasteiger partial charge in [-0.05, 0) is 45.8 Å². The fourth-order valence-corrected chi connectivity index (χ4v) is 2.74. The summed E-state index contributed by atoms with van der Waals surface area (Å²) in [6.45, 7) is 6.43. The van der Waals surface area contributed by atoms with E-state index in [9.17, 15) is 4.39 Å². The molecule has 0 bridgehead atoms. The fourth-order valence-electron chi connectivity index (χ4n) is 2.74. The Kier molecular flexibility index (Phi) is 4.36. The molecule has 0 aliphatic carbocycles. The van der Waals surface area contributed by atoms with E-state index < -0.39 is 0 Å². The molecule has 3 unspecified atom stereocenters. The quantitative estimate of drug-likeness (QED) is 0.884. The Morgan fingerprint density at radius 3 is 2.78 bits per heavy atom. The number of halogens is 1. The van der Waals surface area contributed by atoms with Gasteiger partial charge in [0, 0.05) is 24.2 Å². The van der Waals surface area contributed by atoms with Gasteiger partial charge in [0.2, 0.25) is 0 Å². The Balaban J connectivity index is 2.00. The number of hydrogen-bond donors (Lipinski definition) is 1. The van der Waals surface area contributed by atoms with Crippen LogP contribution < -0.4 is 5.32 Å². The summed E-state index contributed by atoms with van der Waals surface area (Å²) < 4.78 is 13.8. The minimum atomic E-state index is -0.102. The monoisotopic (exact) mass is 250 g/mol. The second-order valence-corrected chi connectivity index (χ2v) is 5.43. The molecule has 1 N–H and O–H groups in total. The van der Waals surface area contributed by atoms with Crippen LogP contribution in [0.1, 0.15) is 31.9 Å².